The molecule has 0 spiro atoms. The van der Waals surface area contributed by atoms with Crippen LogP contribution in [0.2, 0.25) is 0 Å². The molecule has 41 heavy (non-hydrogen) atoms. The van der Waals surface area contributed by atoms with E-state index in [1.807, 2.05) is 35.9 Å². The lowest BCUT2D eigenvalue weighted by atomic mass is 10.1. The van der Waals surface area contributed by atoms with Gasteiger partial charge < -0.3 is 24.9 Å². The first-order chi connectivity index (χ1) is 20.0. The van der Waals surface area contributed by atoms with Crippen molar-refractivity contribution in [3.63, 3.8) is 0 Å². The molecular weight excluding hydrogens is 524 g/mol. The van der Waals surface area contributed by atoms with E-state index in [0.717, 1.165) is 30.3 Å². The molecule has 0 atom stereocenters. The maximum absolute atomic E-state index is 13.7. The highest BCUT2D eigenvalue weighted by atomic mass is 16.5. The number of allylic oxidation sites excluding steroid dienone is 2. The summed E-state index contributed by atoms with van der Waals surface area (Å²) < 4.78 is 20.3. The van der Waals surface area contributed by atoms with Gasteiger partial charge in [-0.3, -0.25) is 14.3 Å². The lowest BCUT2D eigenvalue weighted by Crippen LogP contribution is -2.28. The van der Waals surface area contributed by atoms with Crippen molar-refractivity contribution in [1.29, 1.82) is 5.41 Å². The molecule has 5 rings (SSSR count). The van der Waals surface area contributed by atoms with Crippen LogP contribution in [0.4, 0.5) is 0 Å². The largest absolute Gasteiger partial charge is 0.493 e. The van der Waals surface area contributed by atoms with Crippen LogP contribution in [0.15, 0.2) is 71.6 Å². The second kappa shape index (κ2) is 11.9. The smallest absolute Gasteiger partial charge is 0.284 e. The maximum Gasteiger partial charge on any atom is 0.284 e. The Morgan fingerprint density at radius 2 is 1.88 bits per heavy atom. The Balaban J connectivity index is 1.50. The number of carbonyl (C=O) groups is 1. The third-order valence-corrected chi connectivity index (χ3v) is 6.87. The van der Waals surface area contributed by atoms with Crippen LogP contribution in [-0.2, 0) is 13.0 Å². The van der Waals surface area contributed by atoms with Gasteiger partial charge in [-0.15, -0.1) is 0 Å². The zero-order valence-electron chi connectivity index (χ0n) is 23.0. The van der Waals surface area contributed by atoms with Gasteiger partial charge in [0.2, 0.25) is 5.88 Å². The Morgan fingerprint density at radius 1 is 1.10 bits per heavy atom. The van der Waals surface area contributed by atoms with Crippen LogP contribution in [0.1, 0.15) is 34.5 Å². The number of nitrogens with zero attached hydrogens (tertiary/aromatic N) is 4. The van der Waals surface area contributed by atoms with Crippen molar-refractivity contribution in [3.8, 4) is 23.1 Å². The van der Waals surface area contributed by atoms with Crippen LogP contribution in [0.5, 0.6) is 17.4 Å². The molecule has 11 nitrogen and oxygen atoms in total. The zero-order valence-corrected chi connectivity index (χ0v) is 23.0. The number of ether oxygens (including phenoxy) is 3. The molecule has 210 valence electrons. The van der Waals surface area contributed by atoms with Gasteiger partial charge in [0.25, 0.3) is 11.5 Å². The molecule has 2 aromatic heterocycles. The number of hydrogen-bond acceptors (Lipinski definition) is 8. The van der Waals surface area contributed by atoms with Crippen molar-refractivity contribution < 1.29 is 19.0 Å². The van der Waals surface area contributed by atoms with Gasteiger partial charge in [0, 0.05) is 25.0 Å². The number of benzene rings is 2. The molecule has 2 aromatic carbocycles. The highest BCUT2D eigenvalue weighted by Crippen LogP contribution is 2.34. The van der Waals surface area contributed by atoms with Crippen molar-refractivity contribution in [2.24, 2.45) is 0 Å². The molecule has 0 saturated carbocycles. The first-order valence-electron chi connectivity index (χ1n) is 13.1. The van der Waals surface area contributed by atoms with Gasteiger partial charge in [-0.2, -0.15) is 0 Å². The number of carbonyl (C=O) groups excluding carboxylic acids is 1. The van der Waals surface area contributed by atoms with E-state index in [4.69, 9.17) is 19.6 Å². The number of para-hydroxylation sites is 1. The van der Waals surface area contributed by atoms with E-state index in [-0.39, 0.29) is 22.8 Å². The van der Waals surface area contributed by atoms with Crippen molar-refractivity contribution in [2.45, 2.75) is 32.7 Å². The van der Waals surface area contributed by atoms with Gasteiger partial charge >= 0.3 is 0 Å². The summed E-state index contributed by atoms with van der Waals surface area (Å²) in [7, 11) is 3.06. The number of aryl methyl sites for hydroxylation is 1. The topological polar surface area (TPSA) is 133 Å². The molecule has 1 aliphatic rings. The van der Waals surface area contributed by atoms with Crippen LogP contribution in [-0.4, -0.2) is 45.7 Å². The molecule has 0 aliphatic carbocycles. The number of nitrogens with one attached hydrogen (secondary N) is 2. The summed E-state index contributed by atoms with van der Waals surface area (Å²) >= 11 is 0. The van der Waals surface area contributed by atoms with E-state index >= 15 is 0 Å². The SMILES string of the molecule is COc1cc2ncnc(OC(C=CC=N)=CNC(=O)c3c4n(n(-c5ccccc5C)c3=O)CCCC4)c2cc1OC. The fourth-order valence-electron chi connectivity index (χ4n) is 4.92. The highest BCUT2D eigenvalue weighted by molar-refractivity contribution is 5.96. The van der Waals surface area contributed by atoms with E-state index in [9.17, 15) is 9.59 Å². The minimum absolute atomic E-state index is 0.101. The van der Waals surface area contributed by atoms with E-state index in [0.29, 0.717) is 41.1 Å². The molecule has 0 fully saturated rings. The molecule has 1 amide bonds. The standard InChI is InChI=1S/C30H30N6O5/c1-19-9-4-5-11-23(19)36-30(38)27(24-12-6-7-14-35(24)36)28(37)32-17-20(10-8-13-31)41-29-21-15-25(39-2)26(40-3)16-22(21)33-18-34-29/h4-5,8-11,13,15-18,31H,6-7,12,14H2,1-3H3,(H,32,37). The predicted molar refractivity (Wildman–Crippen MR) is 154 cm³/mol. The Kier molecular flexibility index (Phi) is 7.95. The molecular formula is C30H30N6O5. The maximum atomic E-state index is 13.7. The van der Waals surface area contributed by atoms with E-state index in [1.54, 1.807) is 16.8 Å². The Hall–Kier alpha value is -5.19. The Morgan fingerprint density at radius 3 is 2.63 bits per heavy atom. The number of hydrogen-bond donors (Lipinski definition) is 2. The molecule has 0 saturated heterocycles. The molecule has 0 unspecified atom stereocenters. The number of fused-ring (bicyclic) bond motifs is 2. The molecule has 11 heteroatoms. The number of rotatable bonds is 9. The molecule has 4 aromatic rings. The second-order valence-electron chi connectivity index (χ2n) is 9.36. The summed E-state index contributed by atoms with van der Waals surface area (Å²) in [6, 6.07) is 11.0. The predicted octanol–water partition coefficient (Wildman–Crippen LogP) is 4.10. The van der Waals surface area contributed by atoms with Crippen molar-refractivity contribution >= 4 is 23.0 Å². The third kappa shape index (κ3) is 5.33. The van der Waals surface area contributed by atoms with E-state index < -0.39 is 5.91 Å². The summed E-state index contributed by atoms with van der Waals surface area (Å²) in [5, 5.41) is 10.7. The summed E-state index contributed by atoms with van der Waals surface area (Å²) in [5.41, 5.74) is 2.67. The highest BCUT2D eigenvalue weighted by Gasteiger charge is 2.28. The normalized spacial score (nSPS) is 13.2. The van der Waals surface area contributed by atoms with Crippen LogP contribution < -0.4 is 25.1 Å². The average molecular weight is 555 g/mol. The van der Waals surface area contributed by atoms with Crippen molar-refractivity contribution in [3.05, 3.63) is 94.0 Å². The monoisotopic (exact) mass is 554 g/mol. The first-order valence-corrected chi connectivity index (χ1v) is 13.1. The van der Waals surface area contributed by atoms with Gasteiger partial charge in [-0.25, -0.2) is 14.6 Å². The summed E-state index contributed by atoms with van der Waals surface area (Å²) in [6.07, 6.45) is 9.15. The fraction of sp³-hybridized carbons (Fsp3) is 0.233. The number of aromatic nitrogens is 4. The molecule has 0 radical (unpaired) electrons. The van der Waals surface area contributed by atoms with E-state index in [2.05, 4.69) is 15.3 Å². The van der Waals surface area contributed by atoms with Gasteiger partial charge in [0.15, 0.2) is 11.5 Å². The van der Waals surface area contributed by atoms with Gasteiger partial charge in [-0.1, -0.05) is 18.2 Å². The Labute approximate surface area is 236 Å². The van der Waals surface area contributed by atoms with Crippen LogP contribution in [0, 0.1) is 12.3 Å². The second-order valence-corrected chi connectivity index (χ2v) is 9.36. The lowest BCUT2D eigenvalue weighted by Gasteiger charge is -2.20. The minimum atomic E-state index is -0.545. The number of amides is 1. The van der Waals surface area contributed by atoms with Crippen LogP contribution >= 0.6 is 0 Å². The zero-order chi connectivity index (χ0) is 28.9. The molecule has 1 aliphatic heterocycles. The van der Waals surface area contributed by atoms with Crippen LogP contribution in [0.3, 0.4) is 0 Å². The third-order valence-electron chi connectivity index (χ3n) is 6.87. The van der Waals surface area contributed by atoms with Gasteiger partial charge in [0.1, 0.15) is 17.6 Å². The minimum Gasteiger partial charge on any atom is -0.493 e. The Bertz CT molecular complexity index is 1750. The quantitative estimate of drug-likeness (QED) is 0.181. The van der Waals surface area contributed by atoms with E-state index in [1.165, 1.54) is 38.9 Å². The van der Waals surface area contributed by atoms with Crippen molar-refractivity contribution in [2.75, 3.05) is 14.2 Å². The average Bonchev–Trinajstić information content (AvgIpc) is 3.29. The number of methoxy groups -OCH3 is 2. The molecule has 0 bridgehead atoms. The summed E-state index contributed by atoms with van der Waals surface area (Å²) in [5.74, 6) is 0.815. The van der Waals surface area contributed by atoms with Crippen LogP contribution in [0.25, 0.3) is 16.6 Å². The fourth-order valence-corrected chi connectivity index (χ4v) is 4.92. The first kappa shape index (κ1) is 27.4. The molecule has 3 heterocycles. The lowest BCUT2D eigenvalue weighted by molar-refractivity contribution is 0.0966. The molecule has 2 N–H and O–H groups in total. The van der Waals surface area contributed by atoms with Crippen molar-refractivity contribution in [1.82, 2.24) is 24.6 Å². The summed E-state index contributed by atoms with van der Waals surface area (Å²) in [4.78, 5) is 35.7. The summed E-state index contributed by atoms with van der Waals surface area (Å²) in [6.45, 7) is 2.59. The van der Waals surface area contributed by atoms with Gasteiger partial charge in [-0.05, 0) is 56.0 Å². The van der Waals surface area contributed by atoms with Gasteiger partial charge in [0.05, 0.1) is 36.5 Å².